The van der Waals surface area contributed by atoms with Crippen molar-refractivity contribution in [2.75, 3.05) is 13.1 Å². The Morgan fingerprint density at radius 3 is 2.14 bits per heavy atom. The van der Waals surface area contributed by atoms with E-state index in [1.54, 1.807) is 0 Å². The number of hydrogen-bond donors (Lipinski definition) is 4. The minimum atomic E-state index is -1.73. The molecule has 0 radical (unpaired) electrons. The van der Waals surface area contributed by atoms with Crippen LogP contribution in [0.3, 0.4) is 0 Å². The first-order chi connectivity index (χ1) is 16.6. The summed E-state index contributed by atoms with van der Waals surface area (Å²) >= 11 is 0. The van der Waals surface area contributed by atoms with Crippen molar-refractivity contribution in [1.82, 2.24) is 10.2 Å². The van der Waals surface area contributed by atoms with Gasteiger partial charge in [-0.3, -0.25) is 4.79 Å². The summed E-state index contributed by atoms with van der Waals surface area (Å²) in [4.78, 5) is 37.1. The number of amides is 3. The van der Waals surface area contributed by atoms with E-state index in [9.17, 15) is 19.5 Å². The van der Waals surface area contributed by atoms with E-state index >= 15 is 0 Å². The zero-order valence-corrected chi connectivity index (χ0v) is 19.8. The van der Waals surface area contributed by atoms with E-state index in [1.807, 2.05) is 50.2 Å². The number of nitrogens with two attached hydrogens (primary N) is 1. The third kappa shape index (κ3) is 7.04. The summed E-state index contributed by atoms with van der Waals surface area (Å²) in [7, 11) is 0. The number of rotatable bonds is 10. The van der Waals surface area contributed by atoms with Gasteiger partial charge in [0.2, 0.25) is 5.91 Å². The number of carbonyl (C=O) groups is 3. The van der Waals surface area contributed by atoms with E-state index in [-0.39, 0.29) is 18.9 Å². The van der Waals surface area contributed by atoms with Gasteiger partial charge < -0.3 is 26.2 Å². The van der Waals surface area contributed by atoms with Gasteiger partial charge >= 0.3 is 12.0 Å². The summed E-state index contributed by atoms with van der Waals surface area (Å²) in [6.07, 6.45) is -1.55. The zero-order chi connectivity index (χ0) is 25.5. The number of fused-ring (bicyclic) bond motifs is 1. The number of benzene rings is 3. The Hall–Kier alpha value is -3.91. The first-order valence-electron chi connectivity index (χ1n) is 11.5. The van der Waals surface area contributed by atoms with Gasteiger partial charge in [-0.2, -0.15) is 0 Å². The summed E-state index contributed by atoms with van der Waals surface area (Å²) in [6.45, 7) is 3.53. The fourth-order valence-electron chi connectivity index (χ4n) is 3.87. The number of aliphatic carboxylic acids is 1. The molecule has 35 heavy (non-hydrogen) atoms. The predicted octanol–water partition coefficient (Wildman–Crippen LogP) is 3.02. The molecule has 3 rings (SSSR count). The number of hydrogen-bond acceptors (Lipinski definition) is 4. The molecule has 0 spiro atoms. The van der Waals surface area contributed by atoms with Crippen molar-refractivity contribution in [3.63, 3.8) is 0 Å². The molecular weight excluding hydrogens is 446 g/mol. The number of urea groups is 1. The van der Waals surface area contributed by atoms with Gasteiger partial charge in [-0.25, -0.2) is 9.59 Å². The molecule has 5 N–H and O–H groups in total. The number of carboxylic acid groups (broad SMARTS) is 1. The highest BCUT2D eigenvalue weighted by Gasteiger charge is 2.26. The van der Waals surface area contributed by atoms with Crippen molar-refractivity contribution in [1.29, 1.82) is 0 Å². The highest BCUT2D eigenvalue weighted by atomic mass is 16.4. The third-order valence-corrected chi connectivity index (χ3v) is 5.67. The van der Waals surface area contributed by atoms with E-state index in [0.717, 1.165) is 27.5 Å². The Balaban J connectivity index is 1.71. The number of nitrogens with one attached hydrogen (secondary N) is 1. The molecule has 2 unspecified atom stereocenters. The lowest BCUT2D eigenvalue weighted by Crippen LogP contribution is -2.53. The van der Waals surface area contributed by atoms with Gasteiger partial charge in [-0.15, -0.1) is 0 Å². The van der Waals surface area contributed by atoms with E-state index in [0.29, 0.717) is 0 Å². The van der Waals surface area contributed by atoms with Crippen LogP contribution in [0.25, 0.3) is 21.9 Å². The van der Waals surface area contributed by atoms with Crippen LogP contribution >= 0.6 is 0 Å². The second-order valence-corrected chi connectivity index (χ2v) is 9.02. The lowest BCUT2D eigenvalue weighted by Gasteiger charge is -2.28. The Morgan fingerprint density at radius 1 is 0.914 bits per heavy atom. The molecule has 3 amide bonds. The van der Waals surface area contributed by atoms with Crippen molar-refractivity contribution in [2.45, 2.75) is 32.4 Å². The van der Waals surface area contributed by atoms with Crippen molar-refractivity contribution in [3.05, 3.63) is 72.3 Å². The average molecular weight is 478 g/mol. The normalized spacial score (nSPS) is 12.8. The number of carboxylic acids is 1. The van der Waals surface area contributed by atoms with Crippen LogP contribution in [0.15, 0.2) is 66.7 Å². The first kappa shape index (κ1) is 25.7. The summed E-state index contributed by atoms with van der Waals surface area (Å²) in [5, 5.41) is 23.6. The van der Waals surface area contributed by atoms with E-state index in [1.165, 1.54) is 4.90 Å². The highest BCUT2D eigenvalue weighted by molar-refractivity contribution is 5.88. The third-order valence-electron chi connectivity index (χ3n) is 5.67. The SMILES string of the molecule is CC(C)CN(CC(O)C(=O)O)C(=O)NC(Cc1ccc(-c2ccc3ccccc3c2)cc1)C(N)=O. The molecule has 0 saturated heterocycles. The van der Waals surface area contributed by atoms with Crippen molar-refractivity contribution in [2.24, 2.45) is 11.7 Å². The maximum absolute atomic E-state index is 12.8. The molecular formula is C27H31N3O5. The highest BCUT2D eigenvalue weighted by Crippen LogP contribution is 2.25. The standard InChI is InChI=1S/C27H31N3O5/c1-17(2)15-30(16-24(31)26(33)34)27(35)29-23(25(28)32)13-18-7-9-20(10-8-18)22-12-11-19-5-3-4-6-21(19)14-22/h3-12,14,17,23-24,31H,13,15-16H2,1-2H3,(H2,28,32)(H,29,35)(H,33,34). The van der Waals surface area contributed by atoms with Crippen LogP contribution in [0.2, 0.25) is 0 Å². The monoisotopic (exact) mass is 477 g/mol. The van der Waals surface area contributed by atoms with Gasteiger partial charge in [0.05, 0.1) is 6.54 Å². The second-order valence-electron chi connectivity index (χ2n) is 9.02. The lowest BCUT2D eigenvalue weighted by molar-refractivity contribution is -0.147. The van der Waals surface area contributed by atoms with Gasteiger partial charge in [-0.1, -0.05) is 74.5 Å². The molecule has 3 aromatic rings. The molecule has 2 atom stereocenters. The minimum absolute atomic E-state index is 0.0245. The minimum Gasteiger partial charge on any atom is -0.479 e. The maximum atomic E-state index is 12.8. The summed E-state index contributed by atoms with van der Waals surface area (Å²) in [5.41, 5.74) is 8.43. The molecule has 0 aliphatic rings. The number of nitrogens with zero attached hydrogens (tertiary/aromatic N) is 1. The molecule has 0 aliphatic heterocycles. The number of primary amides is 1. The average Bonchev–Trinajstić information content (AvgIpc) is 2.82. The Bertz CT molecular complexity index is 1190. The number of aliphatic hydroxyl groups is 1. The van der Waals surface area contributed by atoms with E-state index in [2.05, 4.69) is 35.6 Å². The molecule has 0 heterocycles. The van der Waals surface area contributed by atoms with Gasteiger partial charge in [-0.05, 0) is 39.4 Å². The Labute approximate surface area is 204 Å². The molecule has 8 nitrogen and oxygen atoms in total. The van der Waals surface area contributed by atoms with Crippen LogP contribution in [0.4, 0.5) is 4.79 Å². The quantitative estimate of drug-likeness (QED) is 0.356. The summed E-state index contributed by atoms with van der Waals surface area (Å²) in [6, 6.07) is 20.4. The lowest BCUT2D eigenvalue weighted by atomic mass is 9.98. The summed E-state index contributed by atoms with van der Waals surface area (Å²) in [5.74, 6) is -2.11. The van der Waals surface area contributed by atoms with Crippen LogP contribution in [0, 0.1) is 5.92 Å². The predicted molar refractivity (Wildman–Crippen MR) is 135 cm³/mol. The molecule has 0 saturated carbocycles. The fourth-order valence-corrected chi connectivity index (χ4v) is 3.87. The van der Waals surface area contributed by atoms with Gasteiger partial charge in [0.25, 0.3) is 0 Å². The molecule has 0 fully saturated rings. The first-order valence-corrected chi connectivity index (χ1v) is 11.5. The largest absolute Gasteiger partial charge is 0.479 e. The van der Waals surface area contributed by atoms with Crippen LogP contribution in [-0.2, 0) is 16.0 Å². The Morgan fingerprint density at radius 2 is 1.54 bits per heavy atom. The van der Waals surface area contributed by atoms with Crippen molar-refractivity contribution < 1.29 is 24.6 Å². The zero-order valence-electron chi connectivity index (χ0n) is 19.8. The molecule has 3 aromatic carbocycles. The summed E-state index contributed by atoms with van der Waals surface area (Å²) < 4.78 is 0. The number of carbonyl (C=O) groups excluding carboxylic acids is 2. The second kappa shape index (κ2) is 11.5. The van der Waals surface area contributed by atoms with Crippen LogP contribution in [-0.4, -0.2) is 58.3 Å². The van der Waals surface area contributed by atoms with Crippen LogP contribution < -0.4 is 11.1 Å². The van der Waals surface area contributed by atoms with E-state index < -0.39 is 36.6 Å². The molecule has 0 aliphatic carbocycles. The van der Waals surface area contributed by atoms with Crippen LogP contribution in [0.1, 0.15) is 19.4 Å². The topological polar surface area (TPSA) is 133 Å². The van der Waals surface area contributed by atoms with Crippen molar-refractivity contribution >= 4 is 28.7 Å². The van der Waals surface area contributed by atoms with Gasteiger partial charge in [0.1, 0.15) is 6.04 Å². The fraction of sp³-hybridized carbons (Fsp3) is 0.296. The van der Waals surface area contributed by atoms with Crippen molar-refractivity contribution in [3.8, 4) is 11.1 Å². The molecule has 0 bridgehead atoms. The van der Waals surface area contributed by atoms with Crippen LogP contribution in [0.5, 0.6) is 0 Å². The van der Waals surface area contributed by atoms with E-state index in [4.69, 9.17) is 10.8 Å². The molecule has 184 valence electrons. The smallest absolute Gasteiger partial charge is 0.334 e. The molecule has 0 aromatic heterocycles. The van der Waals surface area contributed by atoms with Gasteiger partial charge in [0.15, 0.2) is 6.10 Å². The van der Waals surface area contributed by atoms with Gasteiger partial charge in [0, 0.05) is 13.0 Å². The molecule has 8 heteroatoms. The number of aliphatic hydroxyl groups excluding tert-OH is 1. The Kier molecular flexibility index (Phi) is 8.43. The maximum Gasteiger partial charge on any atom is 0.334 e.